The van der Waals surface area contributed by atoms with Crippen molar-refractivity contribution < 1.29 is 14.0 Å². The highest BCUT2D eigenvalue weighted by Crippen LogP contribution is 2.12. The SMILES string of the molecule is NCc1ccc(CN2C(=O)CNC2=O)o1. The molecule has 0 radical (unpaired) electrons. The van der Waals surface area contributed by atoms with Gasteiger partial charge in [0, 0.05) is 0 Å². The number of nitrogens with zero attached hydrogens (tertiary/aromatic N) is 1. The van der Waals surface area contributed by atoms with Crippen LogP contribution in [0.2, 0.25) is 0 Å². The average molecular weight is 209 g/mol. The van der Waals surface area contributed by atoms with Crippen molar-refractivity contribution >= 4 is 11.9 Å². The molecule has 2 rings (SSSR count). The Morgan fingerprint density at radius 3 is 2.67 bits per heavy atom. The number of imide groups is 1. The van der Waals surface area contributed by atoms with Crippen LogP contribution in [-0.2, 0) is 17.9 Å². The number of amides is 3. The van der Waals surface area contributed by atoms with Crippen LogP contribution in [0.15, 0.2) is 16.5 Å². The van der Waals surface area contributed by atoms with Gasteiger partial charge in [-0.15, -0.1) is 0 Å². The Balaban J connectivity index is 2.07. The molecule has 2 heterocycles. The number of nitrogens with two attached hydrogens (primary N) is 1. The summed E-state index contributed by atoms with van der Waals surface area (Å²) in [4.78, 5) is 23.5. The van der Waals surface area contributed by atoms with Gasteiger partial charge in [0.1, 0.15) is 11.5 Å². The number of urea groups is 1. The van der Waals surface area contributed by atoms with Gasteiger partial charge in [-0.25, -0.2) is 4.79 Å². The molecule has 0 bridgehead atoms. The number of hydrogen-bond acceptors (Lipinski definition) is 4. The van der Waals surface area contributed by atoms with Crippen molar-refractivity contribution in [3.8, 4) is 0 Å². The second-order valence-electron chi connectivity index (χ2n) is 3.21. The molecule has 3 N–H and O–H groups in total. The van der Waals surface area contributed by atoms with E-state index in [9.17, 15) is 9.59 Å². The number of carbonyl (C=O) groups excluding carboxylic acids is 2. The minimum absolute atomic E-state index is 0.0588. The fourth-order valence-electron chi connectivity index (χ4n) is 1.39. The summed E-state index contributed by atoms with van der Waals surface area (Å²) in [5.74, 6) is 0.948. The van der Waals surface area contributed by atoms with E-state index in [1.807, 2.05) is 0 Å². The second-order valence-corrected chi connectivity index (χ2v) is 3.21. The highest BCUT2D eigenvalue weighted by molar-refractivity contribution is 6.01. The molecule has 0 saturated carbocycles. The quantitative estimate of drug-likeness (QED) is 0.674. The van der Waals surface area contributed by atoms with Gasteiger partial charge in [-0.2, -0.15) is 0 Å². The van der Waals surface area contributed by atoms with Crippen molar-refractivity contribution in [2.24, 2.45) is 5.73 Å². The molecule has 1 aromatic heterocycles. The first-order valence-corrected chi connectivity index (χ1v) is 4.56. The molecule has 1 aromatic rings. The second kappa shape index (κ2) is 3.74. The first-order chi connectivity index (χ1) is 7.20. The Bertz CT molecular complexity index is 383. The Morgan fingerprint density at radius 2 is 2.13 bits per heavy atom. The fraction of sp³-hybridized carbons (Fsp3) is 0.333. The third kappa shape index (κ3) is 1.84. The van der Waals surface area contributed by atoms with Gasteiger partial charge < -0.3 is 15.5 Å². The number of carbonyl (C=O) groups is 2. The summed E-state index contributed by atoms with van der Waals surface area (Å²) in [6.07, 6.45) is 0. The molecule has 3 amide bonds. The molecule has 80 valence electrons. The van der Waals surface area contributed by atoms with E-state index in [-0.39, 0.29) is 25.0 Å². The highest BCUT2D eigenvalue weighted by Gasteiger charge is 2.29. The molecule has 6 nitrogen and oxygen atoms in total. The zero-order chi connectivity index (χ0) is 10.8. The lowest BCUT2D eigenvalue weighted by Gasteiger charge is -2.09. The predicted molar refractivity (Wildman–Crippen MR) is 50.5 cm³/mol. The predicted octanol–water partition coefficient (Wildman–Crippen LogP) is -0.210. The summed E-state index contributed by atoms with van der Waals surface area (Å²) >= 11 is 0. The topological polar surface area (TPSA) is 88.6 Å². The van der Waals surface area contributed by atoms with E-state index in [1.165, 1.54) is 0 Å². The first kappa shape index (κ1) is 9.72. The van der Waals surface area contributed by atoms with Crippen LogP contribution in [0, 0.1) is 0 Å². The first-order valence-electron chi connectivity index (χ1n) is 4.56. The van der Waals surface area contributed by atoms with Crippen LogP contribution < -0.4 is 11.1 Å². The van der Waals surface area contributed by atoms with Crippen LogP contribution in [0.25, 0.3) is 0 Å². The van der Waals surface area contributed by atoms with Crippen molar-refractivity contribution in [2.75, 3.05) is 6.54 Å². The van der Waals surface area contributed by atoms with Gasteiger partial charge in [0.2, 0.25) is 5.91 Å². The number of nitrogens with one attached hydrogen (secondary N) is 1. The van der Waals surface area contributed by atoms with Crippen LogP contribution in [0.3, 0.4) is 0 Å². The van der Waals surface area contributed by atoms with Crippen molar-refractivity contribution in [3.05, 3.63) is 23.7 Å². The molecule has 1 fully saturated rings. The van der Waals surface area contributed by atoms with Crippen molar-refractivity contribution in [3.63, 3.8) is 0 Å². The van der Waals surface area contributed by atoms with Crippen molar-refractivity contribution in [1.82, 2.24) is 10.2 Å². The molecule has 6 heteroatoms. The van der Waals surface area contributed by atoms with Gasteiger partial charge in [0.05, 0.1) is 19.6 Å². The maximum absolute atomic E-state index is 11.2. The standard InChI is InChI=1S/C9H11N3O3/c10-3-6-1-2-7(15-6)5-12-8(13)4-11-9(12)14/h1-2H,3-5,10H2,(H,11,14). The third-order valence-corrected chi connectivity index (χ3v) is 2.17. The highest BCUT2D eigenvalue weighted by atomic mass is 16.3. The van der Waals surface area contributed by atoms with E-state index in [4.69, 9.17) is 10.2 Å². The lowest BCUT2D eigenvalue weighted by Crippen LogP contribution is -2.30. The lowest BCUT2D eigenvalue weighted by molar-refractivity contribution is -0.125. The monoisotopic (exact) mass is 209 g/mol. The minimum Gasteiger partial charge on any atom is -0.463 e. The maximum atomic E-state index is 11.2. The normalized spacial score (nSPS) is 15.9. The van der Waals surface area contributed by atoms with Crippen LogP contribution >= 0.6 is 0 Å². The summed E-state index contributed by atoms with van der Waals surface area (Å²) in [5.41, 5.74) is 5.37. The van der Waals surface area contributed by atoms with E-state index in [2.05, 4.69) is 5.32 Å². The zero-order valence-corrected chi connectivity index (χ0v) is 8.03. The summed E-state index contributed by atoms with van der Waals surface area (Å²) in [6.45, 7) is 0.522. The number of furan rings is 1. The fourth-order valence-corrected chi connectivity index (χ4v) is 1.39. The van der Waals surface area contributed by atoms with Gasteiger partial charge in [-0.05, 0) is 12.1 Å². The van der Waals surface area contributed by atoms with Gasteiger partial charge in [0.15, 0.2) is 0 Å². The van der Waals surface area contributed by atoms with E-state index >= 15 is 0 Å². The van der Waals surface area contributed by atoms with Crippen LogP contribution in [0.5, 0.6) is 0 Å². The summed E-state index contributed by atoms with van der Waals surface area (Å²) in [6, 6.07) is 3.06. The molecule has 1 saturated heterocycles. The molecule has 0 aromatic carbocycles. The van der Waals surface area contributed by atoms with Gasteiger partial charge in [-0.3, -0.25) is 9.69 Å². The Labute approximate surface area is 86.0 Å². The van der Waals surface area contributed by atoms with E-state index in [0.29, 0.717) is 18.1 Å². The molecule has 0 unspecified atom stereocenters. The maximum Gasteiger partial charge on any atom is 0.325 e. The summed E-state index contributed by atoms with van der Waals surface area (Å²) in [7, 11) is 0. The van der Waals surface area contributed by atoms with Crippen LogP contribution in [0.4, 0.5) is 4.79 Å². The molecule has 1 aliphatic heterocycles. The van der Waals surface area contributed by atoms with Gasteiger partial charge in [-0.1, -0.05) is 0 Å². The third-order valence-electron chi connectivity index (χ3n) is 2.17. The zero-order valence-electron chi connectivity index (χ0n) is 8.03. The Hall–Kier alpha value is -1.82. The van der Waals surface area contributed by atoms with Crippen molar-refractivity contribution in [2.45, 2.75) is 13.1 Å². The molecule has 0 aliphatic carbocycles. The molecule has 1 aliphatic rings. The average Bonchev–Trinajstić information content (AvgIpc) is 2.80. The lowest BCUT2D eigenvalue weighted by atomic mass is 10.4. The van der Waals surface area contributed by atoms with Gasteiger partial charge >= 0.3 is 6.03 Å². The van der Waals surface area contributed by atoms with Crippen LogP contribution in [-0.4, -0.2) is 23.4 Å². The van der Waals surface area contributed by atoms with E-state index in [1.54, 1.807) is 12.1 Å². The number of rotatable bonds is 3. The van der Waals surface area contributed by atoms with Crippen LogP contribution in [0.1, 0.15) is 11.5 Å². The van der Waals surface area contributed by atoms with Gasteiger partial charge in [0.25, 0.3) is 0 Å². The molecular weight excluding hydrogens is 198 g/mol. The Kier molecular flexibility index (Phi) is 2.42. The molecular formula is C9H11N3O3. The smallest absolute Gasteiger partial charge is 0.325 e. The van der Waals surface area contributed by atoms with E-state index < -0.39 is 0 Å². The van der Waals surface area contributed by atoms with E-state index in [0.717, 1.165) is 4.90 Å². The molecule has 15 heavy (non-hydrogen) atoms. The minimum atomic E-state index is -0.384. The van der Waals surface area contributed by atoms with Crippen molar-refractivity contribution in [1.29, 1.82) is 0 Å². The largest absolute Gasteiger partial charge is 0.463 e. The molecule has 0 atom stereocenters. The molecule has 0 spiro atoms. The summed E-state index contributed by atoms with van der Waals surface area (Å²) < 4.78 is 5.29. The summed E-state index contributed by atoms with van der Waals surface area (Å²) in [5, 5.41) is 2.43. The Morgan fingerprint density at radius 1 is 1.40 bits per heavy atom. The number of hydrogen-bond donors (Lipinski definition) is 2.